The molecule has 0 amide bonds. The highest BCUT2D eigenvalue weighted by Gasteiger charge is 2.21. The molecule has 4 nitrogen and oxygen atoms in total. The minimum Gasteiger partial charge on any atom is -0.410 e. The van der Waals surface area contributed by atoms with Crippen molar-refractivity contribution in [1.29, 1.82) is 0 Å². The van der Waals surface area contributed by atoms with Crippen molar-refractivity contribution < 1.29 is 4.42 Å². The standard InChI is InChI=1S/C12H15N3OS2/c1-7-10(17-8(2)13-7)11-14-15-12(16-11)18-9-5-3-4-6-9/h9H,3-6H2,1-2H3. The number of nitrogens with zero attached hydrogens (tertiary/aromatic N) is 3. The zero-order chi connectivity index (χ0) is 12.5. The van der Waals surface area contributed by atoms with Gasteiger partial charge in [-0.3, -0.25) is 0 Å². The Morgan fingerprint density at radius 1 is 1.22 bits per heavy atom. The number of hydrogen-bond acceptors (Lipinski definition) is 6. The molecule has 0 bridgehead atoms. The van der Waals surface area contributed by atoms with Crippen molar-refractivity contribution in [3.63, 3.8) is 0 Å². The molecule has 0 atom stereocenters. The summed E-state index contributed by atoms with van der Waals surface area (Å²) in [6, 6.07) is 0. The first-order chi connectivity index (χ1) is 8.72. The van der Waals surface area contributed by atoms with E-state index >= 15 is 0 Å². The molecule has 0 saturated heterocycles. The van der Waals surface area contributed by atoms with E-state index in [0.29, 0.717) is 16.4 Å². The van der Waals surface area contributed by atoms with Crippen LogP contribution in [0.3, 0.4) is 0 Å². The van der Waals surface area contributed by atoms with E-state index in [0.717, 1.165) is 15.6 Å². The molecular formula is C12H15N3OS2. The van der Waals surface area contributed by atoms with Crippen molar-refractivity contribution in [2.75, 3.05) is 0 Å². The number of rotatable bonds is 3. The Kier molecular flexibility index (Phi) is 3.39. The summed E-state index contributed by atoms with van der Waals surface area (Å²) in [6.45, 7) is 3.97. The lowest BCUT2D eigenvalue weighted by Crippen LogP contribution is -1.92. The molecule has 96 valence electrons. The Morgan fingerprint density at radius 2 is 2.00 bits per heavy atom. The number of aromatic nitrogens is 3. The highest BCUT2D eigenvalue weighted by Crippen LogP contribution is 2.36. The summed E-state index contributed by atoms with van der Waals surface area (Å²) in [5.74, 6) is 0.610. The molecule has 0 unspecified atom stereocenters. The minimum atomic E-state index is 0.610. The molecule has 6 heteroatoms. The van der Waals surface area contributed by atoms with Crippen LogP contribution < -0.4 is 0 Å². The van der Waals surface area contributed by atoms with Gasteiger partial charge in [0.15, 0.2) is 0 Å². The van der Waals surface area contributed by atoms with Crippen LogP contribution in [0.1, 0.15) is 36.4 Å². The zero-order valence-electron chi connectivity index (χ0n) is 10.5. The minimum absolute atomic E-state index is 0.610. The second-order valence-electron chi connectivity index (χ2n) is 4.54. The second-order valence-corrected chi connectivity index (χ2v) is 7.00. The predicted octanol–water partition coefficient (Wildman–Crippen LogP) is 3.84. The third-order valence-electron chi connectivity index (χ3n) is 3.07. The van der Waals surface area contributed by atoms with Crippen LogP contribution >= 0.6 is 23.1 Å². The molecule has 0 N–H and O–H groups in total. The van der Waals surface area contributed by atoms with Gasteiger partial charge in [-0.2, -0.15) is 0 Å². The molecule has 2 aromatic heterocycles. The predicted molar refractivity (Wildman–Crippen MR) is 73.0 cm³/mol. The van der Waals surface area contributed by atoms with E-state index in [9.17, 15) is 0 Å². The molecule has 1 saturated carbocycles. The molecule has 0 aromatic carbocycles. The maximum Gasteiger partial charge on any atom is 0.277 e. The average Bonchev–Trinajstić information content (AvgIpc) is 3.01. The van der Waals surface area contributed by atoms with E-state index in [1.165, 1.54) is 25.7 Å². The molecule has 1 fully saturated rings. The fourth-order valence-electron chi connectivity index (χ4n) is 2.23. The van der Waals surface area contributed by atoms with Crippen LogP contribution in [0.25, 0.3) is 10.8 Å². The molecule has 1 aliphatic carbocycles. The van der Waals surface area contributed by atoms with E-state index < -0.39 is 0 Å². The Hall–Kier alpha value is -0.880. The van der Waals surface area contributed by atoms with Crippen molar-refractivity contribution in [3.05, 3.63) is 10.7 Å². The fraction of sp³-hybridized carbons (Fsp3) is 0.583. The van der Waals surface area contributed by atoms with Crippen molar-refractivity contribution >= 4 is 23.1 Å². The average molecular weight is 281 g/mol. The zero-order valence-corrected chi connectivity index (χ0v) is 12.1. The van der Waals surface area contributed by atoms with Gasteiger partial charge < -0.3 is 4.42 Å². The first-order valence-corrected chi connectivity index (χ1v) is 7.86. The molecule has 0 spiro atoms. The van der Waals surface area contributed by atoms with Gasteiger partial charge in [0.2, 0.25) is 0 Å². The van der Waals surface area contributed by atoms with Gasteiger partial charge in [-0.1, -0.05) is 24.6 Å². The van der Waals surface area contributed by atoms with Gasteiger partial charge in [0.05, 0.1) is 10.7 Å². The van der Waals surface area contributed by atoms with Crippen LogP contribution in [0, 0.1) is 13.8 Å². The number of thioether (sulfide) groups is 1. The van der Waals surface area contributed by atoms with Gasteiger partial charge in [-0.25, -0.2) is 4.98 Å². The summed E-state index contributed by atoms with van der Waals surface area (Å²) in [4.78, 5) is 5.38. The Balaban J connectivity index is 1.78. The topological polar surface area (TPSA) is 51.8 Å². The van der Waals surface area contributed by atoms with Crippen molar-refractivity contribution in [2.24, 2.45) is 0 Å². The highest BCUT2D eigenvalue weighted by molar-refractivity contribution is 7.99. The van der Waals surface area contributed by atoms with E-state index in [1.807, 2.05) is 13.8 Å². The van der Waals surface area contributed by atoms with Crippen LogP contribution in [0.15, 0.2) is 9.64 Å². The van der Waals surface area contributed by atoms with Crippen LogP contribution in [0.4, 0.5) is 0 Å². The van der Waals surface area contributed by atoms with E-state index in [4.69, 9.17) is 4.42 Å². The first kappa shape index (κ1) is 12.2. The second kappa shape index (κ2) is 5.01. The summed E-state index contributed by atoms with van der Waals surface area (Å²) < 4.78 is 5.74. The molecule has 18 heavy (non-hydrogen) atoms. The fourth-order valence-corrected chi connectivity index (χ4v) is 4.14. The number of hydrogen-bond donors (Lipinski definition) is 0. The third-order valence-corrected chi connectivity index (χ3v) is 5.31. The lowest BCUT2D eigenvalue weighted by molar-refractivity contribution is 0.465. The van der Waals surface area contributed by atoms with Gasteiger partial charge in [0.1, 0.15) is 4.88 Å². The quantitative estimate of drug-likeness (QED) is 0.855. The van der Waals surface area contributed by atoms with Gasteiger partial charge in [0, 0.05) is 5.25 Å². The van der Waals surface area contributed by atoms with Crippen LogP contribution in [0.2, 0.25) is 0 Å². The van der Waals surface area contributed by atoms with Gasteiger partial charge in [-0.05, 0) is 26.7 Å². The van der Waals surface area contributed by atoms with Gasteiger partial charge in [0.25, 0.3) is 11.1 Å². The lowest BCUT2D eigenvalue weighted by atomic mass is 10.4. The third kappa shape index (κ3) is 2.44. The molecule has 3 rings (SSSR count). The summed E-state index contributed by atoms with van der Waals surface area (Å²) in [5.41, 5.74) is 0.971. The van der Waals surface area contributed by atoms with E-state index in [1.54, 1.807) is 23.1 Å². The maximum absolute atomic E-state index is 5.74. The van der Waals surface area contributed by atoms with Crippen LogP contribution in [-0.4, -0.2) is 20.4 Å². The molecule has 2 heterocycles. The van der Waals surface area contributed by atoms with Crippen LogP contribution in [-0.2, 0) is 0 Å². The van der Waals surface area contributed by atoms with Crippen molar-refractivity contribution in [3.8, 4) is 10.8 Å². The Bertz CT molecular complexity index is 543. The number of aryl methyl sites for hydroxylation is 2. The normalized spacial score (nSPS) is 16.6. The summed E-state index contributed by atoms with van der Waals surface area (Å²) in [7, 11) is 0. The SMILES string of the molecule is Cc1nc(C)c(-c2nnc(SC3CCCC3)o2)s1. The van der Waals surface area contributed by atoms with Crippen LogP contribution in [0.5, 0.6) is 0 Å². The molecule has 1 aliphatic rings. The largest absolute Gasteiger partial charge is 0.410 e. The van der Waals surface area contributed by atoms with Crippen molar-refractivity contribution in [1.82, 2.24) is 15.2 Å². The highest BCUT2D eigenvalue weighted by atomic mass is 32.2. The Labute approximate surface area is 114 Å². The van der Waals surface area contributed by atoms with Crippen molar-refractivity contribution in [2.45, 2.75) is 50.0 Å². The maximum atomic E-state index is 5.74. The van der Waals surface area contributed by atoms with E-state index in [2.05, 4.69) is 15.2 Å². The smallest absolute Gasteiger partial charge is 0.277 e. The Morgan fingerprint density at radius 3 is 2.67 bits per heavy atom. The molecular weight excluding hydrogens is 266 g/mol. The first-order valence-electron chi connectivity index (χ1n) is 6.17. The molecule has 0 aliphatic heterocycles. The van der Waals surface area contributed by atoms with E-state index in [-0.39, 0.29) is 0 Å². The summed E-state index contributed by atoms with van der Waals surface area (Å²) in [6.07, 6.45) is 5.18. The molecule has 2 aromatic rings. The van der Waals surface area contributed by atoms with Gasteiger partial charge in [-0.15, -0.1) is 21.5 Å². The molecule has 0 radical (unpaired) electrons. The summed E-state index contributed by atoms with van der Waals surface area (Å²) in [5, 5.41) is 10.7. The van der Waals surface area contributed by atoms with Gasteiger partial charge >= 0.3 is 0 Å². The lowest BCUT2D eigenvalue weighted by Gasteiger charge is -2.02. The summed E-state index contributed by atoms with van der Waals surface area (Å²) >= 11 is 3.33. The number of thiazole rings is 1. The monoisotopic (exact) mass is 281 g/mol.